The average Bonchev–Trinajstić information content (AvgIpc) is 2.42. The maximum atomic E-state index is 5.96. The second kappa shape index (κ2) is 7.11. The highest BCUT2D eigenvalue weighted by molar-refractivity contribution is 5.66. The van der Waals surface area contributed by atoms with E-state index in [1.54, 1.807) is 6.08 Å². The molecule has 1 aromatic carbocycles. The predicted octanol–water partition coefficient (Wildman–Crippen LogP) is 2.60. The number of rotatable bonds is 5. The van der Waals surface area contributed by atoms with E-state index in [9.17, 15) is 0 Å². The van der Waals surface area contributed by atoms with Gasteiger partial charge in [-0.2, -0.15) is 0 Å². The molecule has 100 valence electrons. The summed E-state index contributed by atoms with van der Waals surface area (Å²) in [6.45, 7) is 5.66. The van der Waals surface area contributed by atoms with Gasteiger partial charge in [-0.1, -0.05) is 36.9 Å². The van der Waals surface area contributed by atoms with Crippen molar-refractivity contribution in [3.8, 4) is 0 Å². The zero-order chi connectivity index (χ0) is 14.3. The van der Waals surface area contributed by atoms with Crippen molar-refractivity contribution in [2.24, 2.45) is 11.5 Å². The maximum Gasteiger partial charge on any atom is 0.0388 e. The van der Waals surface area contributed by atoms with Crippen LogP contribution in [0.1, 0.15) is 18.1 Å². The van der Waals surface area contributed by atoms with Crippen molar-refractivity contribution in [2.45, 2.75) is 6.92 Å². The van der Waals surface area contributed by atoms with Crippen molar-refractivity contribution < 1.29 is 0 Å². The fourth-order valence-electron chi connectivity index (χ4n) is 1.38. The smallest absolute Gasteiger partial charge is 0.0388 e. The summed E-state index contributed by atoms with van der Waals surface area (Å²) in [5, 5.41) is 2.96. The second-order valence-electron chi connectivity index (χ2n) is 4.26. The standard InChI is InChI=1S/C16H21N3/c1-12(17)4-11-16(18)15-9-7-14(8-10-15)6-5-13(2)19-3/h4-11,19H,2,17-18H2,1,3H3/b6-5+,12-4-,16-11-. The molecule has 0 aliphatic heterocycles. The molecule has 0 bridgehead atoms. The van der Waals surface area contributed by atoms with Gasteiger partial charge in [-0.15, -0.1) is 0 Å². The minimum Gasteiger partial charge on any atom is -0.402 e. The summed E-state index contributed by atoms with van der Waals surface area (Å²) in [6, 6.07) is 7.98. The Kier molecular flexibility index (Phi) is 5.48. The van der Waals surface area contributed by atoms with Crippen LogP contribution in [0.5, 0.6) is 0 Å². The quantitative estimate of drug-likeness (QED) is 0.709. The molecule has 0 spiro atoms. The van der Waals surface area contributed by atoms with Gasteiger partial charge < -0.3 is 16.8 Å². The van der Waals surface area contributed by atoms with E-state index in [4.69, 9.17) is 11.5 Å². The topological polar surface area (TPSA) is 64.1 Å². The molecule has 0 heterocycles. The van der Waals surface area contributed by atoms with E-state index in [0.717, 1.165) is 22.5 Å². The lowest BCUT2D eigenvalue weighted by Gasteiger charge is -2.02. The number of nitrogens with two attached hydrogens (primary N) is 2. The van der Waals surface area contributed by atoms with Gasteiger partial charge in [-0.25, -0.2) is 0 Å². The Morgan fingerprint density at radius 2 is 1.79 bits per heavy atom. The first kappa shape index (κ1) is 14.6. The van der Waals surface area contributed by atoms with Crippen molar-refractivity contribution in [1.82, 2.24) is 5.32 Å². The van der Waals surface area contributed by atoms with Gasteiger partial charge in [0.25, 0.3) is 0 Å². The Bertz CT molecular complexity index is 515. The van der Waals surface area contributed by atoms with Crippen LogP contribution in [0.2, 0.25) is 0 Å². The summed E-state index contributed by atoms with van der Waals surface area (Å²) >= 11 is 0. The fraction of sp³-hybridized carbons (Fsp3) is 0.125. The van der Waals surface area contributed by atoms with Gasteiger partial charge in [-0.05, 0) is 36.3 Å². The molecule has 3 heteroatoms. The van der Waals surface area contributed by atoms with E-state index >= 15 is 0 Å². The molecule has 0 aliphatic rings. The van der Waals surface area contributed by atoms with Crippen molar-refractivity contribution >= 4 is 11.8 Å². The Labute approximate surface area is 115 Å². The summed E-state index contributed by atoms with van der Waals surface area (Å²) in [7, 11) is 1.84. The van der Waals surface area contributed by atoms with Gasteiger partial charge in [0.05, 0.1) is 0 Å². The molecular weight excluding hydrogens is 234 g/mol. The van der Waals surface area contributed by atoms with Gasteiger partial charge in [0.1, 0.15) is 0 Å². The molecule has 0 atom stereocenters. The highest BCUT2D eigenvalue weighted by atomic mass is 14.8. The summed E-state index contributed by atoms with van der Waals surface area (Å²) < 4.78 is 0. The number of hydrogen-bond acceptors (Lipinski definition) is 3. The molecular formula is C16H21N3. The Balaban J connectivity index is 2.82. The van der Waals surface area contributed by atoms with Crippen molar-refractivity contribution in [3.63, 3.8) is 0 Å². The van der Waals surface area contributed by atoms with Gasteiger partial charge in [0.15, 0.2) is 0 Å². The van der Waals surface area contributed by atoms with Crippen LogP contribution in [-0.2, 0) is 0 Å². The Hall–Kier alpha value is -2.42. The van der Waals surface area contributed by atoms with Gasteiger partial charge in [0.2, 0.25) is 0 Å². The number of likely N-dealkylation sites (N-methyl/N-ethyl adjacent to an activating group) is 1. The van der Waals surface area contributed by atoms with Crippen molar-refractivity contribution in [1.29, 1.82) is 0 Å². The molecule has 0 radical (unpaired) electrons. The first-order chi connectivity index (χ1) is 9.02. The van der Waals surface area contributed by atoms with Gasteiger partial charge in [0, 0.05) is 24.1 Å². The van der Waals surface area contributed by atoms with Crippen LogP contribution in [-0.4, -0.2) is 7.05 Å². The number of hydrogen-bond donors (Lipinski definition) is 3. The second-order valence-corrected chi connectivity index (χ2v) is 4.26. The van der Waals surface area contributed by atoms with Crippen LogP contribution in [0.3, 0.4) is 0 Å². The van der Waals surface area contributed by atoms with E-state index in [1.807, 2.05) is 56.5 Å². The van der Waals surface area contributed by atoms with Crippen molar-refractivity contribution in [2.75, 3.05) is 7.05 Å². The zero-order valence-corrected chi connectivity index (χ0v) is 11.5. The van der Waals surface area contributed by atoms with Crippen LogP contribution in [0, 0.1) is 0 Å². The molecule has 0 amide bonds. The Morgan fingerprint density at radius 1 is 1.16 bits per heavy atom. The lowest BCUT2D eigenvalue weighted by molar-refractivity contribution is 1.04. The molecule has 5 N–H and O–H groups in total. The van der Waals surface area contributed by atoms with E-state index in [1.165, 1.54) is 0 Å². The first-order valence-corrected chi connectivity index (χ1v) is 6.07. The summed E-state index contributed by atoms with van der Waals surface area (Å²) in [5.74, 6) is 0. The molecule has 0 aliphatic carbocycles. The molecule has 19 heavy (non-hydrogen) atoms. The number of nitrogens with one attached hydrogen (secondary N) is 1. The van der Waals surface area contributed by atoms with Crippen LogP contribution >= 0.6 is 0 Å². The predicted molar refractivity (Wildman–Crippen MR) is 83.8 cm³/mol. The lowest BCUT2D eigenvalue weighted by Crippen LogP contribution is -2.00. The highest BCUT2D eigenvalue weighted by Gasteiger charge is 1.95. The van der Waals surface area contributed by atoms with E-state index in [2.05, 4.69) is 11.9 Å². The molecule has 0 saturated carbocycles. The molecule has 1 aromatic rings. The van der Waals surface area contributed by atoms with Crippen molar-refractivity contribution in [3.05, 3.63) is 71.6 Å². The minimum atomic E-state index is 0.694. The zero-order valence-electron chi connectivity index (χ0n) is 11.5. The monoisotopic (exact) mass is 255 g/mol. The maximum absolute atomic E-state index is 5.96. The largest absolute Gasteiger partial charge is 0.402 e. The van der Waals surface area contributed by atoms with Crippen LogP contribution in [0.15, 0.2) is 60.5 Å². The summed E-state index contributed by atoms with van der Waals surface area (Å²) in [5.41, 5.74) is 15.9. The van der Waals surface area contributed by atoms with E-state index in [-0.39, 0.29) is 0 Å². The third-order valence-corrected chi connectivity index (χ3v) is 2.57. The van der Waals surface area contributed by atoms with E-state index < -0.39 is 0 Å². The molecule has 3 nitrogen and oxygen atoms in total. The highest BCUT2D eigenvalue weighted by Crippen LogP contribution is 2.12. The number of benzene rings is 1. The SMILES string of the molecule is C=C(/C=C/c1ccc(/C(N)=C/C=C(/C)N)cc1)NC. The molecule has 0 aromatic heterocycles. The third kappa shape index (κ3) is 5.17. The fourth-order valence-corrected chi connectivity index (χ4v) is 1.38. The molecule has 1 rings (SSSR count). The Morgan fingerprint density at radius 3 is 2.32 bits per heavy atom. The van der Waals surface area contributed by atoms with Gasteiger partial charge in [-0.3, -0.25) is 0 Å². The lowest BCUT2D eigenvalue weighted by atomic mass is 10.1. The minimum absolute atomic E-state index is 0.694. The normalized spacial score (nSPS) is 12.7. The molecule has 0 saturated heterocycles. The third-order valence-electron chi connectivity index (χ3n) is 2.57. The first-order valence-electron chi connectivity index (χ1n) is 6.07. The number of allylic oxidation sites excluding steroid dienone is 4. The van der Waals surface area contributed by atoms with Crippen LogP contribution in [0.25, 0.3) is 11.8 Å². The van der Waals surface area contributed by atoms with Crippen LogP contribution in [0.4, 0.5) is 0 Å². The van der Waals surface area contributed by atoms with Gasteiger partial charge >= 0.3 is 0 Å². The van der Waals surface area contributed by atoms with Crippen LogP contribution < -0.4 is 16.8 Å². The summed E-state index contributed by atoms with van der Waals surface area (Å²) in [4.78, 5) is 0. The molecule has 0 unspecified atom stereocenters. The average molecular weight is 255 g/mol. The van der Waals surface area contributed by atoms with E-state index in [0.29, 0.717) is 5.70 Å². The summed E-state index contributed by atoms with van der Waals surface area (Å²) in [6.07, 6.45) is 7.52. The molecule has 0 fully saturated rings.